The lowest BCUT2D eigenvalue weighted by atomic mass is 9.88. The smallest absolute Gasteiger partial charge is 0.123 e. The maximum absolute atomic E-state index is 5.55. The Labute approximate surface area is 125 Å². The number of hydrogen-bond donors (Lipinski definition) is 1. The zero-order valence-corrected chi connectivity index (χ0v) is 12.8. The lowest BCUT2D eigenvalue weighted by Gasteiger charge is -2.29. The largest absolute Gasteiger partial charge is 0.496 e. The Hall–Kier alpha value is -2.00. The minimum absolute atomic E-state index is 0.152. The normalized spacial score (nSPS) is 17.2. The van der Waals surface area contributed by atoms with Crippen molar-refractivity contribution in [3.8, 4) is 11.5 Å². The predicted molar refractivity (Wildman–Crippen MR) is 84.3 cm³/mol. The van der Waals surface area contributed by atoms with E-state index in [4.69, 9.17) is 9.47 Å². The van der Waals surface area contributed by atoms with Gasteiger partial charge >= 0.3 is 0 Å². The average Bonchev–Trinajstić information content (AvgIpc) is 2.53. The van der Waals surface area contributed by atoms with E-state index in [2.05, 4.69) is 36.5 Å². The number of rotatable bonds is 3. The molecule has 21 heavy (non-hydrogen) atoms. The molecule has 3 nitrogen and oxygen atoms in total. The number of nitrogens with one attached hydrogen (secondary N) is 1. The van der Waals surface area contributed by atoms with Gasteiger partial charge in [-0.3, -0.25) is 0 Å². The van der Waals surface area contributed by atoms with Gasteiger partial charge in [0.25, 0.3) is 0 Å². The van der Waals surface area contributed by atoms with E-state index >= 15 is 0 Å². The van der Waals surface area contributed by atoms with Crippen molar-refractivity contribution in [2.45, 2.75) is 19.4 Å². The molecule has 0 saturated carbocycles. The summed E-state index contributed by atoms with van der Waals surface area (Å²) in [6.45, 7) is 3.05. The summed E-state index contributed by atoms with van der Waals surface area (Å²) in [6, 6.07) is 12.7. The molecule has 0 amide bonds. The molecule has 2 aromatic carbocycles. The Morgan fingerprint density at radius 1 is 1.00 bits per heavy atom. The molecule has 0 spiro atoms. The summed E-state index contributed by atoms with van der Waals surface area (Å²) in [5.74, 6) is 1.90. The topological polar surface area (TPSA) is 30.5 Å². The zero-order valence-electron chi connectivity index (χ0n) is 12.8. The van der Waals surface area contributed by atoms with E-state index in [1.807, 2.05) is 12.1 Å². The molecule has 1 aliphatic rings. The van der Waals surface area contributed by atoms with Crippen molar-refractivity contribution in [2.75, 3.05) is 20.8 Å². The molecule has 0 saturated heterocycles. The van der Waals surface area contributed by atoms with E-state index in [0.29, 0.717) is 0 Å². The van der Waals surface area contributed by atoms with Crippen LogP contribution in [0.1, 0.15) is 28.3 Å². The quantitative estimate of drug-likeness (QED) is 0.938. The summed E-state index contributed by atoms with van der Waals surface area (Å²) in [6.07, 6.45) is 0.990. The van der Waals surface area contributed by atoms with Gasteiger partial charge in [0.05, 0.1) is 20.3 Å². The van der Waals surface area contributed by atoms with Gasteiger partial charge in [-0.25, -0.2) is 0 Å². The van der Waals surface area contributed by atoms with Crippen molar-refractivity contribution in [3.05, 3.63) is 58.7 Å². The third-order valence-corrected chi connectivity index (χ3v) is 4.12. The van der Waals surface area contributed by atoms with Gasteiger partial charge in [-0.05, 0) is 31.0 Å². The second kappa shape index (κ2) is 5.78. The molecule has 1 N–H and O–H groups in total. The van der Waals surface area contributed by atoms with Gasteiger partial charge in [-0.2, -0.15) is 0 Å². The van der Waals surface area contributed by atoms with Gasteiger partial charge in [0, 0.05) is 17.7 Å². The first-order valence-electron chi connectivity index (χ1n) is 7.28. The van der Waals surface area contributed by atoms with E-state index in [1.165, 1.54) is 22.3 Å². The lowest BCUT2D eigenvalue weighted by Crippen LogP contribution is -2.31. The molecule has 0 radical (unpaired) electrons. The number of methoxy groups -OCH3 is 2. The van der Waals surface area contributed by atoms with Crippen LogP contribution in [0.2, 0.25) is 0 Å². The molecule has 3 heteroatoms. The van der Waals surface area contributed by atoms with E-state index in [0.717, 1.165) is 24.5 Å². The summed E-state index contributed by atoms with van der Waals surface area (Å²) in [7, 11) is 3.46. The Kier molecular flexibility index (Phi) is 3.84. The molecule has 0 bridgehead atoms. The van der Waals surface area contributed by atoms with E-state index in [9.17, 15) is 0 Å². The number of ether oxygens (including phenoxy) is 2. The van der Waals surface area contributed by atoms with Crippen LogP contribution in [0.25, 0.3) is 0 Å². The van der Waals surface area contributed by atoms with Crippen LogP contribution in [-0.2, 0) is 6.42 Å². The molecule has 1 unspecified atom stereocenters. The number of fused-ring (bicyclic) bond motifs is 1. The second-order valence-corrected chi connectivity index (χ2v) is 5.41. The van der Waals surface area contributed by atoms with Crippen molar-refractivity contribution in [3.63, 3.8) is 0 Å². The second-order valence-electron chi connectivity index (χ2n) is 5.41. The molecule has 110 valence electrons. The molecular weight excluding hydrogens is 262 g/mol. The predicted octanol–water partition coefficient (Wildman–Crippen LogP) is 3.25. The molecule has 0 aromatic heterocycles. The highest BCUT2D eigenvalue weighted by Crippen LogP contribution is 2.37. The molecule has 0 aliphatic carbocycles. The van der Waals surface area contributed by atoms with Crippen LogP contribution < -0.4 is 14.8 Å². The minimum atomic E-state index is 0.152. The highest BCUT2D eigenvalue weighted by molar-refractivity contribution is 5.50. The van der Waals surface area contributed by atoms with Gasteiger partial charge in [-0.15, -0.1) is 0 Å². The first-order chi connectivity index (χ1) is 10.2. The van der Waals surface area contributed by atoms with E-state index in [-0.39, 0.29) is 6.04 Å². The summed E-state index contributed by atoms with van der Waals surface area (Å²) < 4.78 is 11.1. The molecule has 3 rings (SSSR count). The molecule has 2 aromatic rings. The standard InChI is InChI=1S/C18H21NO2/c1-12-7-8-17(21-3)15(11-12)18-14-5-4-6-16(20-2)13(14)9-10-19-18/h4-8,11,18-19H,9-10H2,1-3H3. The van der Waals surface area contributed by atoms with Gasteiger partial charge in [-0.1, -0.05) is 29.8 Å². The van der Waals surface area contributed by atoms with Crippen LogP contribution in [-0.4, -0.2) is 20.8 Å². The summed E-state index contributed by atoms with van der Waals surface area (Å²) in [5, 5.41) is 3.61. The van der Waals surface area contributed by atoms with Gasteiger partial charge < -0.3 is 14.8 Å². The maximum Gasteiger partial charge on any atom is 0.123 e. The third-order valence-electron chi connectivity index (χ3n) is 4.12. The fraction of sp³-hybridized carbons (Fsp3) is 0.333. The Balaban J connectivity index is 2.12. The Bertz CT molecular complexity index is 652. The third kappa shape index (κ3) is 2.49. The highest BCUT2D eigenvalue weighted by Gasteiger charge is 2.25. The highest BCUT2D eigenvalue weighted by atomic mass is 16.5. The summed E-state index contributed by atoms with van der Waals surface area (Å²) >= 11 is 0. The van der Waals surface area contributed by atoms with Gasteiger partial charge in [0.15, 0.2) is 0 Å². The molecule has 0 fully saturated rings. The minimum Gasteiger partial charge on any atom is -0.496 e. The molecule has 1 heterocycles. The summed E-state index contributed by atoms with van der Waals surface area (Å²) in [4.78, 5) is 0. The first kappa shape index (κ1) is 14.0. The average molecular weight is 283 g/mol. The van der Waals surface area contributed by atoms with Crippen LogP contribution >= 0.6 is 0 Å². The number of hydrogen-bond acceptors (Lipinski definition) is 3. The SMILES string of the molecule is COc1ccc(C)cc1C1NCCc2c(OC)cccc21. The van der Waals surface area contributed by atoms with Crippen LogP contribution in [0.4, 0.5) is 0 Å². The Morgan fingerprint density at radius 3 is 2.57 bits per heavy atom. The van der Waals surface area contributed by atoms with Crippen molar-refractivity contribution in [2.24, 2.45) is 0 Å². The van der Waals surface area contributed by atoms with Crippen molar-refractivity contribution in [1.29, 1.82) is 0 Å². The lowest BCUT2D eigenvalue weighted by molar-refractivity contribution is 0.395. The fourth-order valence-electron chi connectivity index (χ4n) is 3.12. The van der Waals surface area contributed by atoms with Crippen molar-refractivity contribution in [1.82, 2.24) is 5.32 Å². The first-order valence-corrected chi connectivity index (χ1v) is 7.28. The monoisotopic (exact) mass is 283 g/mol. The molecule has 1 atom stereocenters. The van der Waals surface area contributed by atoms with Crippen LogP contribution in [0, 0.1) is 6.92 Å². The summed E-state index contributed by atoms with van der Waals surface area (Å²) in [5.41, 5.74) is 5.01. The molecule has 1 aliphatic heterocycles. The van der Waals surface area contributed by atoms with E-state index < -0.39 is 0 Å². The zero-order chi connectivity index (χ0) is 14.8. The van der Waals surface area contributed by atoms with Gasteiger partial charge in [0.2, 0.25) is 0 Å². The number of aryl methyl sites for hydroxylation is 1. The van der Waals surface area contributed by atoms with Crippen LogP contribution in [0.15, 0.2) is 36.4 Å². The maximum atomic E-state index is 5.55. The van der Waals surface area contributed by atoms with Crippen molar-refractivity contribution >= 4 is 0 Å². The van der Waals surface area contributed by atoms with E-state index in [1.54, 1.807) is 14.2 Å². The fourth-order valence-corrected chi connectivity index (χ4v) is 3.12. The van der Waals surface area contributed by atoms with Crippen LogP contribution in [0.5, 0.6) is 11.5 Å². The Morgan fingerprint density at radius 2 is 1.81 bits per heavy atom. The number of benzene rings is 2. The van der Waals surface area contributed by atoms with Crippen molar-refractivity contribution < 1.29 is 9.47 Å². The van der Waals surface area contributed by atoms with Crippen LogP contribution in [0.3, 0.4) is 0 Å². The molecular formula is C18H21NO2. The van der Waals surface area contributed by atoms with Gasteiger partial charge in [0.1, 0.15) is 11.5 Å².